The van der Waals surface area contributed by atoms with Crippen molar-refractivity contribution in [2.24, 2.45) is 0 Å². The third kappa shape index (κ3) is 3.83. The molecular weight excluding hydrogens is 278 g/mol. The van der Waals surface area contributed by atoms with Crippen molar-refractivity contribution in [2.45, 2.75) is 18.2 Å². The van der Waals surface area contributed by atoms with Gasteiger partial charge in [0, 0.05) is 11.4 Å². The van der Waals surface area contributed by atoms with E-state index in [0.717, 1.165) is 6.42 Å². The number of rotatable bonds is 5. The summed E-state index contributed by atoms with van der Waals surface area (Å²) in [6.45, 7) is 2.73. The Morgan fingerprint density at radius 1 is 1.73 bits per heavy atom. The molecule has 3 nitrogen and oxygen atoms in total. The standard InChI is InChI=1S/C10H14BrNO2S/c1-7(11)3-5-12-10(13)9-8(14-2)4-6-15-9/h4,6-7H,3,5H2,1-2H3,(H,12,13). The minimum atomic E-state index is -0.0602. The largest absolute Gasteiger partial charge is 0.495 e. The first-order valence-electron chi connectivity index (χ1n) is 4.69. The van der Waals surface area contributed by atoms with Crippen LogP contribution in [0.4, 0.5) is 0 Å². The molecule has 0 aliphatic carbocycles. The zero-order valence-corrected chi connectivity index (χ0v) is 11.2. The number of hydrogen-bond donors (Lipinski definition) is 1. The third-order valence-electron chi connectivity index (χ3n) is 1.88. The van der Waals surface area contributed by atoms with Gasteiger partial charge in [-0.15, -0.1) is 11.3 Å². The highest BCUT2D eigenvalue weighted by atomic mass is 79.9. The summed E-state index contributed by atoms with van der Waals surface area (Å²) in [6.07, 6.45) is 0.916. The summed E-state index contributed by atoms with van der Waals surface area (Å²) in [4.78, 5) is 12.7. The molecule has 0 radical (unpaired) electrons. The van der Waals surface area contributed by atoms with Crippen LogP contribution in [-0.4, -0.2) is 24.4 Å². The van der Waals surface area contributed by atoms with Crippen molar-refractivity contribution in [1.82, 2.24) is 5.32 Å². The topological polar surface area (TPSA) is 38.3 Å². The molecule has 0 aliphatic rings. The molecule has 15 heavy (non-hydrogen) atoms. The quantitative estimate of drug-likeness (QED) is 0.847. The van der Waals surface area contributed by atoms with Crippen LogP contribution in [0.15, 0.2) is 11.4 Å². The van der Waals surface area contributed by atoms with E-state index in [1.807, 2.05) is 5.38 Å². The number of thiophene rings is 1. The lowest BCUT2D eigenvalue weighted by Crippen LogP contribution is -2.25. The van der Waals surface area contributed by atoms with Crippen molar-refractivity contribution in [2.75, 3.05) is 13.7 Å². The van der Waals surface area contributed by atoms with Gasteiger partial charge in [-0.2, -0.15) is 0 Å². The zero-order valence-electron chi connectivity index (χ0n) is 8.75. The maximum absolute atomic E-state index is 11.7. The van der Waals surface area contributed by atoms with Crippen molar-refractivity contribution in [1.29, 1.82) is 0 Å². The Morgan fingerprint density at radius 3 is 3.07 bits per heavy atom. The van der Waals surface area contributed by atoms with Gasteiger partial charge in [-0.1, -0.05) is 22.9 Å². The lowest BCUT2D eigenvalue weighted by atomic mass is 10.3. The first kappa shape index (κ1) is 12.5. The predicted molar refractivity (Wildman–Crippen MR) is 66.2 cm³/mol. The second-order valence-corrected chi connectivity index (χ2v) is 5.62. The lowest BCUT2D eigenvalue weighted by molar-refractivity contribution is 0.0955. The van der Waals surface area contributed by atoms with Crippen molar-refractivity contribution in [3.05, 3.63) is 16.3 Å². The summed E-state index contributed by atoms with van der Waals surface area (Å²) >= 11 is 4.82. The van der Waals surface area contributed by atoms with Crippen LogP contribution in [0.2, 0.25) is 0 Å². The van der Waals surface area contributed by atoms with Crippen molar-refractivity contribution in [3.8, 4) is 5.75 Å². The van der Waals surface area contributed by atoms with Gasteiger partial charge in [-0.05, 0) is 17.9 Å². The maximum atomic E-state index is 11.7. The summed E-state index contributed by atoms with van der Waals surface area (Å²) in [7, 11) is 1.57. The van der Waals surface area contributed by atoms with Crippen molar-refractivity contribution >= 4 is 33.2 Å². The van der Waals surface area contributed by atoms with Gasteiger partial charge >= 0.3 is 0 Å². The Bertz CT molecular complexity index is 325. The summed E-state index contributed by atoms with van der Waals surface area (Å²) in [5.41, 5.74) is 0. The molecular formula is C10H14BrNO2S. The monoisotopic (exact) mass is 291 g/mol. The van der Waals surface area contributed by atoms with Gasteiger partial charge < -0.3 is 10.1 Å². The molecule has 1 rings (SSSR count). The summed E-state index contributed by atoms with van der Waals surface area (Å²) < 4.78 is 5.07. The van der Waals surface area contributed by atoms with Gasteiger partial charge in [0.25, 0.3) is 5.91 Å². The minimum absolute atomic E-state index is 0.0602. The van der Waals surface area contributed by atoms with E-state index in [2.05, 4.69) is 28.2 Å². The van der Waals surface area contributed by atoms with Crippen LogP contribution in [0, 0.1) is 0 Å². The molecule has 0 aliphatic heterocycles. The zero-order chi connectivity index (χ0) is 11.3. The van der Waals surface area contributed by atoms with Crippen molar-refractivity contribution in [3.63, 3.8) is 0 Å². The van der Waals surface area contributed by atoms with E-state index in [1.165, 1.54) is 11.3 Å². The molecule has 1 amide bonds. The highest BCUT2D eigenvalue weighted by molar-refractivity contribution is 9.09. The second-order valence-electron chi connectivity index (χ2n) is 3.14. The third-order valence-corrected chi connectivity index (χ3v) is 3.24. The van der Waals surface area contributed by atoms with Crippen LogP contribution in [-0.2, 0) is 0 Å². The molecule has 1 heterocycles. The lowest BCUT2D eigenvalue weighted by Gasteiger charge is -2.06. The van der Waals surface area contributed by atoms with Crippen LogP contribution < -0.4 is 10.1 Å². The van der Waals surface area contributed by atoms with Gasteiger partial charge in [-0.25, -0.2) is 0 Å². The average Bonchev–Trinajstić information content (AvgIpc) is 2.64. The fourth-order valence-electron chi connectivity index (χ4n) is 1.09. The van der Waals surface area contributed by atoms with E-state index in [1.54, 1.807) is 13.2 Å². The number of amides is 1. The summed E-state index contributed by atoms with van der Waals surface area (Å²) in [5.74, 6) is 0.583. The average molecular weight is 292 g/mol. The van der Waals surface area contributed by atoms with E-state index < -0.39 is 0 Å². The molecule has 0 aromatic carbocycles. The van der Waals surface area contributed by atoms with Crippen molar-refractivity contribution < 1.29 is 9.53 Å². The Morgan fingerprint density at radius 2 is 2.47 bits per heavy atom. The second kappa shape index (κ2) is 6.12. The van der Waals surface area contributed by atoms with E-state index >= 15 is 0 Å². The Hall–Kier alpha value is -0.550. The molecule has 1 aromatic rings. The first-order chi connectivity index (χ1) is 7.15. The number of hydrogen-bond acceptors (Lipinski definition) is 3. The number of alkyl halides is 1. The molecule has 0 spiro atoms. The summed E-state index contributed by atoms with van der Waals surface area (Å²) in [6, 6.07) is 1.80. The molecule has 0 saturated heterocycles. The number of carbonyl (C=O) groups excluding carboxylic acids is 1. The fraction of sp³-hybridized carbons (Fsp3) is 0.500. The molecule has 5 heteroatoms. The van der Waals surface area contributed by atoms with Gasteiger partial charge in [0.15, 0.2) is 0 Å². The van der Waals surface area contributed by atoms with Crippen LogP contribution in [0.3, 0.4) is 0 Å². The van der Waals surface area contributed by atoms with Crippen LogP contribution in [0.1, 0.15) is 23.0 Å². The molecule has 0 bridgehead atoms. The van der Waals surface area contributed by atoms with Crippen LogP contribution >= 0.6 is 27.3 Å². The smallest absolute Gasteiger partial charge is 0.265 e. The number of ether oxygens (including phenoxy) is 1. The van der Waals surface area contributed by atoms with E-state index in [0.29, 0.717) is 22.0 Å². The molecule has 1 N–H and O–H groups in total. The highest BCUT2D eigenvalue weighted by Gasteiger charge is 2.12. The highest BCUT2D eigenvalue weighted by Crippen LogP contribution is 2.23. The van der Waals surface area contributed by atoms with Gasteiger partial charge in [0.05, 0.1) is 7.11 Å². The summed E-state index contributed by atoms with van der Waals surface area (Å²) in [5, 5.41) is 4.70. The number of methoxy groups -OCH3 is 1. The van der Waals surface area contributed by atoms with E-state index in [9.17, 15) is 4.79 Å². The minimum Gasteiger partial charge on any atom is -0.495 e. The molecule has 0 saturated carbocycles. The van der Waals surface area contributed by atoms with Gasteiger partial charge in [-0.3, -0.25) is 4.79 Å². The number of halogens is 1. The molecule has 1 atom stereocenters. The van der Waals surface area contributed by atoms with Gasteiger partial charge in [0.2, 0.25) is 0 Å². The van der Waals surface area contributed by atoms with E-state index in [-0.39, 0.29) is 5.91 Å². The van der Waals surface area contributed by atoms with Crippen LogP contribution in [0.25, 0.3) is 0 Å². The number of carbonyl (C=O) groups is 1. The molecule has 0 fully saturated rings. The first-order valence-corrected chi connectivity index (χ1v) is 6.48. The Balaban J connectivity index is 2.47. The van der Waals surface area contributed by atoms with Gasteiger partial charge in [0.1, 0.15) is 10.6 Å². The molecule has 1 aromatic heterocycles. The molecule has 84 valence electrons. The Kier molecular flexibility index (Phi) is 5.11. The predicted octanol–water partition coefficient (Wildman–Crippen LogP) is 2.66. The fourth-order valence-corrected chi connectivity index (χ4v) is 2.09. The SMILES string of the molecule is COc1ccsc1C(=O)NCCC(C)Br. The normalized spacial score (nSPS) is 12.2. The number of nitrogens with one attached hydrogen (secondary N) is 1. The Labute approximate surface area is 102 Å². The van der Waals surface area contributed by atoms with Crippen LogP contribution in [0.5, 0.6) is 5.75 Å². The molecule has 1 unspecified atom stereocenters. The van der Waals surface area contributed by atoms with E-state index in [4.69, 9.17) is 4.74 Å². The maximum Gasteiger partial charge on any atom is 0.265 e.